The number of anilines is 1. The van der Waals surface area contributed by atoms with E-state index in [-0.39, 0.29) is 6.04 Å². The fourth-order valence-corrected chi connectivity index (χ4v) is 2.77. The summed E-state index contributed by atoms with van der Waals surface area (Å²) in [6.45, 7) is 3.61. The molecule has 0 fully saturated rings. The lowest BCUT2D eigenvalue weighted by Crippen LogP contribution is -2.39. The maximum absolute atomic E-state index is 5.75. The first-order chi connectivity index (χ1) is 12.6. The number of methoxy groups -OCH3 is 1. The minimum Gasteiger partial charge on any atom is -0.497 e. The van der Waals surface area contributed by atoms with Crippen molar-refractivity contribution in [3.63, 3.8) is 0 Å². The molecule has 2 aromatic carbocycles. The Bertz CT molecular complexity index is 752. The fraction of sp³-hybridized carbons (Fsp3) is 0.316. The lowest BCUT2D eigenvalue weighted by molar-refractivity contribution is 0.171. The van der Waals surface area contributed by atoms with Gasteiger partial charge >= 0.3 is 0 Å². The van der Waals surface area contributed by atoms with Gasteiger partial charge in [0.05, 0.1) is 13.2 Å². The van der Waals surface area contributed by atoms with Crippen LogP contribution in [0.1, 0.15) is 6.92 Å². The third-order valence-electron chi connectivity index (χ3n) is 3.74. The fourth-order valence-electron chi connectivity index (χ4n) is 2.45. The first kappa shape index (κ1) is 18.1. The van der Waals surface area contributed by atoms with E-state index in [4.69, 9.17) is 31.2 Å². The zero-order valence-electron chi connectivity index (χ0n) is 14.8. The van der Waals surface area contributed by atoms with Gasteiger partial charge in [0.1, 0.15) is 31.3 Å². The molecule has 2 aromatic rings. The average Bonchev–Trinajstić information content (AvgIpc) is 2.66. The largest absolute Gasteiger partial charge is 0.497 e. The number of hydrogen-bond acceptors (Lipinski definition) is 5. The molecule has 0 amide bonds. The molecule has 0 spiro atoms. The van der Waals surface area contributed by atoms with Crippen LogP contribution in [0.4, 0.5) is 5.69 Å². The SMILES string of the molecule is COc1ccc(OC[C@H](C)NC(=S)Nc2ccc3c(c2)OCCO3)cc1. The number of nitrogens with one attached hydrogen (secondary N) is 2. The van der Waals surface area contributed by atoms with E-state index in [1.54, 1.807) is 7.11 Å². The van der Waals surface area contributed by atoms with Gasteiger partial charge in [0.2, 0.25) is 0 Å². The molecule has 2 N–H and O–H groups in total. The number of benzene rings is 2. The van der Waals surface area contributed by atoms with Gasteiger partial charge in [-0.3, -0.25) is 0 Å². The molecule has 0 saturated carbocycles. The van der Waals surface area contributed by atoms with Gasteiger partial charge < -0.3 is 29.6 Å². The van der Waals surface area contributed by atoms with Crippen LogP contribution in [0.5, 0.6) is 23.0 Å². The van der Waals surface area contributed by atoms with Crippen LogP contribution >= 0.6 is 12.2 Å². The molecule has 7 heteroatoms. The number of fused-ring (bicyclic) bond motifs is 1. The monoisotopic (exact) mass is 374 g/mol. The van der Waals surface area contributed by atoms with Gasteiger partial charge in [-0.25, -0.2) is 0 Å². The van der Waals surface area contributed by atoms with E-state index in [1.165, 1.54) is 0 Å². The second kappa shape index (κ2) is 8.62. The molecule has 1 aliphatic rings. The van der Waals surface area contributed by atoms with Crippen molar-refractivity contribution >= 4 is 23.0 Å². The minimum absolute atomic E-state index is 0.0364. The summed E-state index contributed by atoms with van der Waals surface area (Å²) in [5.41, 5.74) is 0.843. The van der Waals surface area contributed by atoms with Gasteiger partial charge in [-0.05, 0) is 55.5 Å². The Kier molecular flexibility index (Phi) is 6.01. The van der Waals surface area contributed by atoms with Gasteiger partial charge in [0.15, 0.2) is 16.6 Å². The van der Waals surface area contributed by atoms with Crippen molar-refractivity contribution < 1.29 is 18.9 Å². The summed E-state index contributed by atoms with van der Waals surface area (Å²) in [7, 11) is 1.64. The lowest BCUT2D eigenvalue weighted by Gasteiger charge is -2.20. The second-order valence-electron chi connectivity index (χ2n) is 5.84. The molecule has 138 valence electrons. The molecule has 26 heavy (non-hydrogen) atoms. The van der Waals surface area contributed by atoms with Crippen LogP contribution in [-0.2, 0) is 0 Å². The molecule has 0 bridgehead atoms. The zero-order valence-corrected chi connectivity index (χ0v) is 15.6. The topological polar surface area (TPSA) is 61.0 Å². The predicted octanol–water partition coefficient (Wildman–Crippen LogP) is 3.22. The molecule has 0 saturated heterocycles. The summed E-state index contributed by atoms with van der Waals surface area (Å²) in [6.07, 6.45) is 0. The van der Waals surface area contributed by atoms with E-state index in [9.17, 15) is 0 Å². The van der Waals surface area contributed by atoms with Gasteiger partial charge in [0, 0.05) is 11.8 Å². The van der Waals surface area contributed by atoms with Crippen LogP contribution < -0.4 is 29.6 Å². The third kappa shape index (κ3) is 4.92. The highest BCUT2D eigenvalue weighted by Crippen LogP contribution is 2.32. The highest BCUT2D eigenvalue weighted by Gasteiger charge is 2.12. The van der Waals surface area contributed by atoms with Crippen LogP contribution in [0.25, 0.3) is 0 Å². The number of rotatable bonds is 6. The molecule has 1 aliphatic heterocycles. The van der Waals surface area contributed by atoms with Gasteiger partial charge in [-0.2, -0.15) is 0 Å². The van der Waals surface area contributed by atoms with Crippen LogP contribution in [0.15, 0.2) is 42.5 Å². The van der Waals surface area contributed by atoms with Crippen LogP contribution in [0.3, 0.4) is 0 Å². The van der Waals surface area contributed by atoms with E-state index in [2.05, 4.69) is 10.6 Å². The molecule has 0 unspecified atom stereocenters. The van der Waals surface area contributed by atoms with Crippen molar-refractivity contribution in [1.82, 2.24) is 5.32 Å². The Morgan fingerprint density at radius 2 is 1.77 bits per heavy atom. The molecule has 6 nitrogen and oxygen atoms in total. The first-order valence-electron chi connectivity index (χ1n) is 8.38. The van der Waals surface area contributed by atoms with Crippen molar-refractivity contribution in [2.24, 2.45) is 0 Å². The second-order valence-corrected chi connectivity index (χ2v) is 6.25. The quantitative estimate of drug-likeness (QED) is 0.753. The number of thiocarbonyl (C=S) groups is 1. The van der Waals surface area contributed by atoms with Gasteiger partial charge in [-0.1, -0.05) is 0 Å². The molecule has 0 aromatic heterocycles. The lowest BCUT2D eigenvalue weighted by atomic mass is 10.2. The standard InChI is InChI=1S/C19H22N2O4S/c1-13(12-25-16-6-4-15(22-2)5-7-16)20-19(26)21-14-3-8-17-18(11-14)24-10-9-23-17/h3-8,11,13H,9-10,12H2,1-2H3,(H2,20,21,26)/t13-/m0/s1. The Labute approximate surface area is 158 Å². The molecule has 1 atom stereocenters. The Morgan fingerprint density at radius 1 is 1.08 bits per heavy atom. The Hall–Kier alpha value is -2.67. The van der Waals surface area contributed by atoms with Crippen LogP contribution in [0.2, 0.25) is 0 Å². The van der Waals surface area contributed by atoms with Crippen molar-refractivity contribution in [3.05, 3.63) is 42.5 Å². The van der Waals surface area contributed by atoms with Gasteiger partial charge in [0.25, 0.3) is 0 Å². The predicted molar refractivity (Wildman–Crippen MR) is 105 cm³/mol. The summed E-state index contributed by atoms with van der Waals surface area (Å²) < 4.78 is 22.0. The van der Waals surface area contributed by atoms with E-state index >= 15 is 0 Å². The summed E-state index contributed by atoms with van der Waals surface area (Å²) in [5, 5.41) is 6.87. The van der Waals surface area contributed by atoms with Crippen LogP contribution in [0, 0.1) is 0 Å². The molecular weight excluding hydrogens is 352 g/mol. The summed E-state index contributed by atoms with van der Waals surface area (Å²) in [6, 6.07) is 13.2. The van der Waals surface area contributed by atoms with Crippen LogP contribution in [-0.4, -0.2) is 38.1 Å². The van der Waals surface area contributed by atoms with E-state index in [0.29, 0.717) is 24.9 Å². The van der Waals surface area contributed by atoms with Crippen molar-refractivity contribution in [2.45, 2.75) is 13.0 Å². The highest BCUT2D eigenvalue weighted by molar-refractivity contribution is 7.80. The first-order valence-corrected chi connectivity index (χ1v) is 8.79. The molecule has 1 heterocycles. The van der Waals surface area contributed by atoms with Crippen molar-refractivity contribution in [1.29, 1.82) is 0 Å². The number of hydrogen-bond donors (Lipinski definition) is 2. The minimum atomic E-state index is 0.0364. The third-order valence-corrected chi connectivity index (χ3v) is 3.96. The highest BCUT2D eigenvalue weighted by atomic mass is 32.1. The van der Waals surface area contributed by atoms with Crippen molar-refractivity contribution in [3.8, 4) is 23.0 Å². The Morgan fingerprint density at radius 3 is 2.50 bits per heavy atom. The van der Waals surface area contributed by atoms with E-state index in [1.807, 2.05) is 49.4 Å². The maximum atomic E-state index is 5.75. The average molecular weight is 374 g/mol. The Balaban J connectivity index is 1.46. The van der Waals surface area contributed by atoms with E-state index < -0.39 is 0 Å². The summed E-state index contributed by atoms with van der Waals surface area (Å²) in [5.74, 6) is 3.06. The van der Waals surface area contributed by atoms with Gasteiger partial charge in [-0.15, -0.1) is 0 Å². The normalized spacial score (nSPS) is 13.5. The molecule has 0 radical (unpaired) electrons. The molecular formula is C19H22N2O4S. The summed E-state index contributed by atoms with van der Waals surface area (Å²) >= 11 is 5.36. The maximum Gasteiger partial charge on any atom is 0.171 e. The molecule has 0 aliphatic carbocycles. The smallest absolute Gasteiger partial charge is 0.171 e. The van der Waals surface area contributed by atoms with E-state index in [0.717, 1.165) is 28.7 Å². The zero-order chi connectivity index (χ0) is 18.4. The summed E-state index contributed by atoms with van der Waals surface area (Å²) in [4.78, 5) is 0. The number of ether oxygens (including phenoxy) is 4. The molecule has 3 rings (SSSR count). The van der Waals surface area contributed by atoms with Crippen molar-refractivity contribution in [2.75, 3.05) is 32.2 Å².